The van der Waals surface area contributed by atoms with Gasteiger partial charge in [-0.05, 0) is 25.2 Å². The Morgan fingerprint density at radius 2 is 1.42 bits per heavy atom. The van der Waals surface area contributed by atoms with E-state index in [0.29, 0.717) is 6.42 Å². The highest BCUT2D eigenvalue weighted by Crippen LogP contribution is 2.08. The standard InChI is InChI=1S/C16H29N3O5/c1-8(2)7-12(18-11(6)20)14(21)19-13(9(3)4)15(22)17-10(5)16(23)24/h8-10,12-13H,7H2,1-6H3,(H,17,22)(H,18,20)(H,19,21)(H,23,24)/t10-,12-,13-/m0/s1. The van der Waals surface area contributed by atoms with Crippen LogP contribution in [-0.4, -0.2) is 46.9 Å². The third-order valence-electron chi connectivity index (χ3n) is 3.38. The first-order chi connectivity index (χ1) is 11.0. The van der Waals surface area contributed by atoms with E-state index in [4.69, 9.17) is 5.11 Å². The van der Waals surface area contributed by atoms with Crippen LogP contribution in [0.1, 0.15) is 48.0 Å². The van der Waals surface area contributed by atoms with Crippen molar-refractivity contribution in [2.75, 3.05) is 0 Å². The highest BCUT2D eigenvalue weighted by molar-refractivity contribution is 5.93. The van der Waals surface area contributed by atoms with Crippen LogP contribution in [0.25, 0.3) is 0 Å². The van der Waals surface area contributed by atoms with Gasteiger partial charge in [0.05, 0.1) is 0 Å². The van der Waals surface area contributed by atoms with Crippen LogP contribution in [0, 0.1) is 11.8 Å². The van der Waals surface area contributed by atoms with E-state index in [1.807, 2.05) is 13.8 Å². The second-order valence-corrected chi connectivity index (χ2v) is 6.68. The number of carbonyl (C=O) groups excluding carboxylic acids is 3. The molecular weight excluding hydrogens is 314 g/mol. The van der Waals surface area contributed by atoms with Gasteiger partial charge in [-0.25, -0.2) is 0 Å². The van der Waals surface area contributed by atoms with Crippen molar-refractivity contribution in [3.8, 4) is 0 Å². The summed E-state index contributed by atoms with van der Waals surface area (Å²) in [6.07, 6.45) is 0.434. The van der Waals surface area contributed by atoms with Gasteiger partial charge in [0.15, 0.2) is 0 Å². The highest BCUT2D eigenvalue weighted by Gasteiger charge is 2.30. The molecule has 0 heterocycles. The summed E-state index contributed by atoms with van der Waals surface area (Å²) in [5.74, 6) is -2.60. The zero-order valence-electron chi connectivity index (χ0n) is 15.2. The van der Waals surface area contributed by atoms with Crippen molar-refractivity contribution < 1.29 is 24.3 Å². The number of aliphatic carboxylic acids is 1. The molecule has 0 aliphatic heterocycles. The molecule has 0 rings (SSSR count). The monoisotopic (exact) mass is 343 g/mol. The molecule has 138 valence electrons. The summed E-state index contributed by atoms with van der Waals surface area (Å²) in [6, 6.07) is -2.69. The second kappa shape index (κ2) is 9.89. The molecule has 24 heavy (non-hydrogen) atoms. The lowest BCUT2D eigenvalue weighted by atomic mass is 9.99. The maximum atomic E-state index is 12.4. The topological polar surface area (TPSA) is 125 Å². The Bertz CT molecular complexity index is 476. The number of rotatable bonds is 9. The summed E-state index contributed by atoms with van der Waals surface area (Å²) in [5, 5.41) is 16.4. The van der Waals surface area contributed by atoms with E-state index in [2.05, 4.69) is 16.0 Å². The first-order valence-corrected chi connectivity index (χ1v) is 8.06. The van der Waals surface area contributed by atoms with Crippen molar-refractivity contribution in [2.24, 2.45) is 11.8 Å². The Morgan fingerprint density at radius 3 is 1.79 bits per heavy atom. The van der Waals surface area contributed by atoms with Gasteiger partial charge in [0.2, 0.25) is 17.7 Å². The zero-order valence-corrected chi connectivity index (χ0v) is 15.2. The summed E-state index contributed by atoms with van der Waals surface area (Å²) in [4.78, 5) is 46.8. The van der Waals surface area contributed by atoms with Gasteiger partial charge in [-0.3, -0.25) is 19.2 Å². The molecule has 0 saturated heterocycles. The molecule has 0 bridgehead atoms. The Balaban J connectivity index is 5.06. The predicted octanol–water partition coefficient (Wildman–Crippen LogP) is 0.267. The average molecular weight is 343 g/mol. The van der Waals surface area contributed by atoms with Crippen molar-refractivity contribution in [3.05, 3.63) is 0 Å². The lowest BCUT2D eigenvalue weighted by molar-refractivity contribution is -0.142. The minimum absolute atomic E-state index is 0.172. The van der Waals surface area contributed by atoms with Gasteiger partial charge in [0.25, 0.3) is 0 Å². The molecule has 0 saturated carbocycles. The molecular formula is C16H29N3O5. The van der Waals surface area contributed by atoms with Crippen LogP contribution in [0.15, 0.2) is 0 Å². The minimum atomic E-state index is -1.16. The Kier molecular flexibility index (Phi) is 9.02. The van der Waals surface area contributed by atoms with Crippen LogP contribution < -0.4 is 16.0 Å². The molecule has 0 aromatic carbocycles. The van der Waals surface area contributed by atoms with Gasteiger partial charge >= 0.3 is 5.97 Å². The summed E-state index contributed by atoms with van der Waals surface area (Å²) < 4.78 is 0. The molecule has 0 aromatic heterocycles. The van der Waals surface area contributed by atoms with Crippen molar-refractivity contribution in [1.29, 1.82) is 0 Å². The van der Waals surface area contributed by atoms with Gasteiger partial charge in [0, 0.05) is 6.92 Å². The smallest absolute Gasteiger partial charge is 0.325 e. The molecule has 8 nitrogen and oxygen atoms in total. The molecule has 0 unspecified atom stereocenters. The Morgan fingerprint density at radius 1 is 0.875 bits per heavy atom. The average Bonchev–Trinajstić information content (AvgIpc) is 2.41. The number of amides is 3. The Labute approximate surface area is 142 Å². The number of carboxylic acids is 1. The molecule has 3 amide bonds. The van der Waals surface area contributed by atoms with Crippen LogP contribution in [0.4, 0.5) is 0 Å². The lowest BCUT2D eigenvalue weighted by Gasteiger charge is -2.26. The van der Waals surface area contributed by atoms with Crippen molar-refractivity contribution in [1.82, 2.24) is 16.0 Å². The van der Waals surface area contributed by atoms with Crippen molar-refractivity contribution in [2.45, 2.75) is 66.1 Å². The van der Waals surface area contributed by atoms with Crippen molar-refractivity contribution in [3.63, 3.8) is 0 Å². The highest BCUT2D eigenvalue weighted by atomic mass is 16.4. The number of carboxylic acid groups (broad SMARTS) is 1. The van der Waals surface area contributed by atoms with Crippen molar-refractivity contribution >= 4 is 23.7 Å². The SMILES string of the molecule is CC(=O)N[C@@H](CC(C)C)C(=O)N[C@H](C(=O)N[C@@H](C)C(=O)O)C(C)C. The fourth-order valence-corrected chi connectivity index (χ4v) is 2.10. The zero-order chi connectivity index (χ0) is 19.0. The number of hydrogen-bond acceptors (Lipinski definition) is 4. The maximum absolute atomic E-state index is 12.4. The molecule has 0 aliphatic rings. The fourth-order valence-electron chi connectivity index (χ4n) is 2.10. The molecule has 0 spiro atoms. The molecule has 0 aromatic rings. The van der Waals surface area contributed by atoms with Crippen LogP contribution in [0.2, 0.25) is 0 Å². The third-order valence-corrected chi connectivity index (χ3v) is 3.38. The molecule has 8 heteroatoms. The van der Waals surface area contributed by atoms with E-state index in [1.54, 1.807) is 13.8 Å². The Hall–Kier alpha value is -2.12. The van der Waals surface area contributed by atoms with Crippen LogP contribution in [0.3, 0.4) is 0 Å². The summed E-state index contributed by atoms with van der Waals surface area (Å²) in [6.45, 7) is 9.99. The van der Waals surface area contributed by atoms with Gasteiger partial charge in [0.1, 0.15) is 18.1 Å². The first kappa shape index (κ1) is 21.9. The molecule has 0 fully saturated rings. The quantitative estimate of drug-likeness (QED) is 0.478. The van der Waals surface area contributed by atoms with E-state index in [-0.39, 0.29) is 17.7 Å². The molecule has 3 atom stereocenters. The van der Waals surface area contributed by atoms with Crippen LogP contribution in [-0.2, 0) is 19.2 Å². The van der Waals surface area contributed by atoms with E-state index < -0.39 is 35.9 Å². The largest absolute Gasteiger partial charge is 0.480 e. The number of carbonyl (C=O) groups is 4. The van der Waals surface area contributed by atoms with Gasteiger partial charge in [-0.2, -0.15) is 0 Å². The minimum Gasteiger partial charge on any atom is -0.480 e. The molecule has 4 N–H and O–H groups in total. The third kappa shape index (κ3) is 7.94. The van der Waals surface area contributed by atoms with Gasteiger partial charge in [-0.15, -0.1) is 0 Å². The van der Waals surface area contributed by atoms with E-state index >= 15 is 0 Å². The van der Waals surface area contributed by atoms with Gasteiger partial charge < -0.3 is 21.1 Å². The lowest BCUT2D eigenvalue weighted by Crippen LogP contribution is -2.57. The van der Waals surface area contributed by atoms with E-state index in [1.165, 1.54) is 13.8 Å². The first-order valence-electron chi connectivity index (χ1n) is 8.06. The van der Waals surface area contributed by atoms with E-state index in [0.717, 1.165) is 0 Å². The predicted molar refractivity (Wildman–Crippen MR) is 89.1 cm³/mol. The van der Waals surface area contributed by atoms with Gasteiger partial charge in [-0.1, -0.05) is 27.7 Å². The maximum Gasteiger partial charge on any atom is 0.325 e. The number of hydrogen-bond donors (Lipinski definition) is 4. The van der Waals surface area contributed by atoms with Crippen LogP contribution in [0.5, 0.6) is 0 Å². The second-order valence-electron chi connectivity index (χ2n) is 6.68. The summed E-state index contributed by atoms with van der Waals surface area (Å²) >= 11 is 0. The number of nitrogens with one attached hydrogen (secondary N) is 3. The summed E-state index contributed by atoms with van der Waals surface area (Å²) in [5.41, 5.74) is 0. The van der Waals surface area contributed by atoms with Crippen LogP contribution >= 0.6 is 0 Å². The molecule has 0 aliphatic carbocycles. The summed E-state index contributed by atoms with van der Waals surface area (Å²) in [7, 11) is 0. The fraction of sp³-hybridized carbons (Fsp3) is 0.750. The normalized spacial score (nSPS) is 14.7. The molecule has 0 radical (unpaired) electrons. The van der Waals surface area contributed by atoms with E-state index in [9.17, 15) is 19.2 Å².